The van der Waals surface area contributed by atoms with Crippen LogP contribution in [0.1, 0.15) is 50.6 Å². The van der Waals surface area contributed by atoms with Crippen LogP contribution in [0.2, 0.25) is 0 Å². The molecule has 0 saturated heterocycles. The van der Waals surface area contributed by atoms with Crippen molar-refractivity contribution < 1.29 is 4.39 Å². The summed E-state index contributed by atoms with van der Waals surface area (Å²) in [6.45, 7) is 3.29. The summed E-state index contributed by atoms with van der Waals surface area (Å²) >= 11 is 0. The van der Waals surface area contributed by atoms with Crippen LogP contribution in [0.3, 0.4) is 0 Å². The molecule has 2 aliphatic rings. The molecule has 1 N–H and O–H groups in total. The van der Waals surface area contributed by atoms with Gasteiger partial charge in [0.15, 0.2) is 0 Å². The average molecular weight is 261 g/mol. The predicted octanol–water partition coefficient (Wildman–Crippen LogP) is 4.30. The highest BCUT2D eigenvalue weighted by Gasteiger charge is 2.41. The van der Waals surface area contributed by atoms with Gasteiger partial charge >= 0.3 is 0 Å². The van der Waals surface area contributed by atoms with Crippen molar-refractivity contribution in [3.8, 4) is 0 Å². The van der Waals surface area contributed by atoms with E-state index in [1.54, 1.807) is 6.07 Å². The molecule has 2 saturated carbocycles. The predicted molar refractivity (Wildman–Crippen MR) is 76.4 cm³/mol. The third-order valence-electron chi connectivity index (χ3n) is 4.71. The van der Waals surface area contributed by atoms with Crippen molar-refractivity contribution >= 4 is 0 Å². The van der Waals surface area contributed by atoms with Crippen molar-refractivity contribution in [2.45, 2.75) is 45.1 Å². The molecule has 2 heteroatoms. The fourth-order valence-electron chi connectivity index (χ4n) is 3.27. The number of nitrogens with one attached hydrogen (secondary N) is 1. The molecule has 1 nitrogen and oxygen atoms in total. The lowest BCUT2D eigenvalue weighted by Crippen LogP contribution is -2.29. The van der Waals surface area contributed by atoms with Crippen molar-refractivity contribution in [1.29, 1.82) is 0 Å². The van der Waals surface area contributed by atoms with Gasteiger partial charge in [0.05, 0.1) is 0 Å². The lowest BCUT2D eigenvalue weighted by molar-refractivity contribution is 0.352. The number of hydrogen-bond acceptors (Lipinski definition) is 1. The van der Waals surface area contributed by atoms with Crippen LogP contribution < -0.4 is 5.32 Å². The Morgan fingerprint density at radius 1 is 1.21 bits per heavy atom. The van der Waals surface area contributed by atoms with E-state index in [0.717, 1.165) is 36.3 Å². The maximum absolute atomic E-state index is 13.3. The number of halogens is 1. The van der Waals surface area contributed by atoms with E-state index in [1.807, 2.05) is 12.1 Å². The molecule has 3 rings (SSSR count). The molecular formula is C17H24FN. The van der Waals surface area contributed by atoms with Gasteiger partial charge in [0.2, 0.25) is 0 Å². The normalized spacial score (nSPS) is 20.8. The first kappa shape index (κ1) is 13.1. The molecule has 1 atom stereocenters. The zero-order valence-electron chi connectivity index (χ0n) is 11.7. The Morgan fingerprint density at radius 3 is 2.42 bits per heavy atom. The smallest absolute Gasteiger partial charge is 0.123 e. The highest BCUT2D eigenvalue weighted by atomic mass is 19.1. The second-order valence-corrected chi connectivity index (χ2v) is 6.26. The molecule has 19 heavy (non-hydrogen) atoms. The number of hydrogen-bond donors (Lipinski definition) is 1. The van der Waals surface area contributed by atoms with Crippen LogP contribution in [0, 0.1) is 23.6 Å². The second kappa shape index (κ2) is 5.62. The number of benzene rings is 1. The zero-order chi connectivity index (χ0) is 13.2. The molecule has 2 aliphatic carbocycles. The van der Waals surface area contributed by atoms with E-state index < -0.39 is 0 Å². The summed E-state index contributed by atoms with van der Waals surface area (Å²) in [5, 5.41) is 3.69. The van der Waals surface area contributed by atoms with Crippen molar-refractivity contribution in [2.75, 3.05) is 6.54 Å². The monoisotopic (exact) mass is 261 g/mol. The van der Waals surface area contributed by atoms with E-state index in [2.05, 4.69) is 12.2 Å². The summed E-state index contributed by atoms with van der Waals surface area (Å²) in [5.41, 5.74) is 1.09. The average Bonchev–Trinajstić information content (AvgIpc) is 3.28. The molecular weight excluding hydrogens is 237 g/mol. The first-order valence-electron chi connectivity index (χ1n) is 7.76. The minimum Gasteiger partial charge on any atom is -0.310 e. The Bertz CT molecular complexity index is 411. The molecule has 0 heterocycles. The fraction of sp³-hybridized carbons (Fsp3) is 0.647. The molecule has 2 fully saturated rings. The summed E-state index contributed by atoms with van der Waals surface area (Å²) in [5.74, 6) is 2.70. The quantitative estimate of drug-likeness (QED) is 0.771. The van der Waals surface area contributed by atoms with Crippen LogP contribution >= 0.6 is 0 Å². The molecule has 104 valence electrons. The second-order valence-electron chi connectivity index (χ2n) is 6.26. The summed E-state index contributed by atoms with van der Waals surface area (Å²) in [4.78, 5) is 0. The van der Waals surface area contributed by atoms with Gasteiger partial charge in [-0.05, 0) is 74.1 Å². The lowest BCUT2D eigenvalue weighted by Gasteiger charge is -2.22. The fourth-order valence-corrected chi connectivity index (χ4v) is 3.27. The van der Waals surface area contributed by atoms with Gasteiger partial charge in [-0.25, -0.2) is 4.39 Å². The van der Waals surface area contributed by atoms with E-state index in [-0.39, 0.29) is 5.82 Å². The van der Waals surface area contributed by atoms with Crippen LogP contribution in [-0.4, -0.2) is 6.54 Å². The van der Waals surface area contributed by atoms with Gasteiger partial charge < -0.3 is 5.32 Å². The Balaban J connectivity index is 1.59. The molecule has 0 aliphatic heterocycles. The van der Waals surface area contributed by atoms with Crippen LogP contribution in [0.4, 0.5) is 4.39 Å². The van der Waals surface area contributed by atoms with Crippen molar-refractivity contribution in [3.63, 3.8) is 0 Å². The third-order valence-corrected chi connectivity index (χ3v) is 4.71. The van der Waals surface area contributed by atoms with Gasteiger partial charge in [0, 0.05) is 6.04 Å². The van der Waals surface area contributed by atoms with Gasteiger partial charge in [-0.3, -0.25) is 0 Å². The summed E-state index contributed by atoms with van der Waals surface area (Å²) in [7, 11) is 0. The Hall–Kier alpha value is -0.890. The van der Waals surface area contributed by atoms with Gasteiger partial charge in [-0.1, -0.05) is 19.1 Å². The molecule has 0 spiro atoms. The molecule has 0 bridgehead atoms. The first-order chi connectivity index (χ1) is 9.28. The number of rotatable bonds is 7. The maximum Gasteiger partial charge on any atom is 0.123 e. The highest BCUT2D eigenvalue weighted by Crippen LogP contribution is 2.49. The van der Waals surface area contributed by atoms with E-state index in [9.17, 15) is 4.39 Å². The van der Waals surface area contributed by atoms with Crippen LogP contribution in [0.15, 0.2) is 24.3 Å². The third kappa shape index (κ3) is 3.36. The first-order valence-corrected chi connectivity index (χ1v) is 7.76. The summed E-state index contributed by atoms with van der Waals surface area (Å²) in [6.07, 6.45) is 6.74. The van der Waals surface area contributed by atoms with Crippen molar-refractivity contribution in [1.82, 2.24) is 5.32 Å². The maximum atomic E-state index is 13.3. The van der Waals surface area contributed by atoms with Gasteiger partial charge in [-0.15, -0.1) is 0 Å². The van der Waals surface area contributed by atoms with Crippen molar-refractivity contribution in [3.05, 3.63) is 35.6 Å². The van der Waals surface area contributed by atoms with E-state index >= 15 is 0 Å². The molecule has 0 aromatic heterocycles. The van der Waals surface area contributed by atoms with Crippen LogP contribution in [0.5, 0.6) is 0 Å². The summed E-state index contributed by atoms with van der Waals surface area (Å²) < 4.78 is 13.3. The lowest BCUT2D eigenvalue weighted by atomic mass is 9.96. The van der Waals surface area contributed by atoms with Gasteiger partial charge in [0.1, 0.15) is 5.82 Å². The topological polar surface area (TPSA) is 12.0 Å². The SMILES string of the molecule is CCC(NCC(C1CC1)C1CC1)c1cccc(F)c1. The van der Waals surface area contributed by atoms with E-state index in [4.69, 9.17) is 0 Å². The van der Waals surface area contributed by atoms with Gasteiger partial charge in [0.25, 0.3) is 0 Å². The minimum atomic E-state index is -0.126. The highest BCUT2D eigenvalue weighted by molar-refractivity contribution is 5.20. The Morgan fingerprint density at radius 2 is 1.89 bits per heavy atom. The van der Waals surface area contributed by atoms with Crippen molar-refractivity contribution in [2.24, 2.45) is 17.8 Å². The van der Waals surface area contributed by atoms with Crippen LogP contribution in [-0.2, 0) is 0 Å². The summed E-state index contributed by atoms with van der Waals surface area (Å²) in [6, 6.07) is 7.34. The Labute approximate surface area is 115 Å². The largest absolute Gasteiger partial charge is 0.310 e. The zero-order valence-corrected chi connectivity index (χ0v) is 11.7. The van der Waals surface area contributed by atoms with E-state index in [0.29, 0.717) is 6.04 Å². The molecule has 1 unspecified atom stereocenters. The molecule has 0 amide bonds. The molecule has 1 aromatic rings. The standard InChI is InChI=1S/C17H24FN/c1-2-17(14-4-3-5-15(18)10-14)19-11-16(12-6-7-12)13-8-9-13/h3-5,10,12-13,16-17,19H,2,6-9,11H2,1H3. The Kier molecular flexibility index (Phi) is 3.88. The molecule has 0 radical (unpaired) electrons. The van der Waals surface area contributed by atoms with Gasteiger partial charge in [-0.2, -0.15) is 0 Å². The minimum absolute atomic E-state index is 0.126. The molecule has 1 aromatic carbocycles. The van der Waals surface area contributed by atoms with Crippen LogP contribution in [0.25, 0.3) is 0 Å². The van der Waals surface area contributed by atoms with E-state index in [1.165, 1.54) is 31.7 Å².